The lowest BCUT2D eigenvalue weighted by atomic mass is 10.2. The van der Waals surface area contributed by atoms with Crippen molar-refractivity contribution in [2.24, 2.45) is 0 Å². The number of benzene rings is 1. The van der Waals surface area contributed by atoms with Crippen LogP contribution in [0.25, 0.3) is 0 Å². The van der Waals surface area contributed by atoms with Gasteiger partial charge in [0.1, 0.15) is 0 Å². The third kappa shape index (κ3) is 9.67. The summed E-state index contributed by atoms with van der Waals surface area (Å²) in [4.78, 5) is 2.54. The van der Waals surface area contributed by atoms with E-state index >= 15 is 0 Å². The van der Waals surface area contributed by atoms with Crippen LogP contribution in [-0.2, 0) is 5.33 Å². The Hall–Kier alpha value is -0.340. The van der Waals surface area contributed by atoms with Crippen LogP contribution in [0.4, 0.5) is 0 Å². The molecular formula is C16H28BrN. The van der Waals surface area contributed by atoms with Crippen LogP contribution in [0.15, 0.2) is 30.3 Å². The number of nitrogens with zero attached hydrogens (tertiary/aromatic N) is 1. The van der Waals surface area contributed by atoms with Gasteiger partial charge in [0.2, 0.25) is 0 Å². The van der Waals surface area contributed by atoms with Crippen LogP contribution in [-0.4, -0.2) is 24.5 Å². The lowest BCUT2D eigenvalue weighted by molar-refractivity contribution is 0.275. The molecule has 0 aliphatic carbocycles. The van der Waals surface area contributed by atoms with Crippen molar-refractivity contribution in [3.05, 3.63) is 35.9 Å². The Labute approximate surface area is 122 Å². The van der Waals surface area contributed by atoms with Gasteiger partial charge in [-0.25, -0.2) is 0 Å². The molecule has 0 aliphatic rings. The zero-order chi connectivity index (χ0) is 13.6. The molecule has 0 saturated heterocycles. The number of rotatable bonds is 7. The van der Waals surface area contributed by atoms with Gasteiger partial charge in [-0.2, -0.15) is 0 Å². The second-order valence-corrected chi connectivity index (χ2v) is 5.02. The van der Waals surface area contributed by atoms with Crippen LogP contribution in [0, 0.1) is 0 Å². The van der Waals surface area contributed by atoms with Gasteiger partial charge >= 0.3 is 0 Å². The minimum atomic E-state index is 0.952. The lowest BCUT2D eigenvalue weighted by Gasteiger charge is -2.19. The van der Waals surface area contributed by atoms with Crippen LogP contribution in [0.5, 0.6) is 0 Å². The fraction of sp³-hybridized carbons (Fsp3) is 0.625. The van der Waals surface area contributed by atoms with Gasteiger partial charge in [-0.3, -0.25) is 0 Å². The van der Waals surface area contributed by atoms with E-state index in [1.54, 1.807) is 0 Å². The summed E-state index contributed by atoms with van der Waals surface area (Å²) in [5.74, 6) is 0. The van der Waals surface area contributed by atoms with Gasteiger partial charge in [-0.1, -0.05) is 67.0 Å². The summed E-state index contributed by atoms with van der Waals surface area (Å²) in [6.45, 7) is 10.6. The van der Waals surface area contributed by atoms with E-state index in [1.165, 1.54) is 44.5 Å². The van der Waals surface area contributed by atoms with Crippen molar-refractivity contribution in [3.63, 3.8) is 0 Å². The van der Waals surface area contributed by atoms with Crippen LogP contribution >= 0.6 is 15.9 Å². The average molecular weight is 314 g/mol. The molecule has 0 N–H and O–H groups in total. The number of hydrogen-bond donors (Lipinski definition) is 0. The average Bonchev–Trinajstić information content (AvgIpc) is 2.41. The van der Waals surface area contributed by atoms with Gasteiger partial charge in [-0.15, -0.1) is 0 Å². The van der Waals surface area contributed by atoms with Crippen molar-refractivity contribution in [2.45, 2.75) is 45.4 Å². The minimum absolute atomic E-state index is 0.952. The van der Waals surface area contributed by atoms with E-state index in [-0.39, 0.29) is 0 Å². The van der Waals surface area contributed by atoms with Gasteiger partial charge in [0.15, 0.2) is 0 Å². The molecule has 0 spiro atoms. The molecule has 0 fully saturated rings. The number of hydrogen-bond acceptors (Lipinski definition) is 1. The third-order valence-corrected chi connectivity index (χ3v) is 3.26. The molecule has 0 aliphatic heterocycles. The van der Waals surface area contributed by atoms with Gasteiger partial charge in [0.05, 0.1) is 0 Å². The van der Waals surface area contributed by atoms with Gasteiger partial charge < -0.3 is 4.90 Å². The molecule has 1 rings (SSSR count). The number of alkyl halides is 1. The Kier molecular flexibility index (Phi) is 12.9. The standard InChI is InChI=1S/C9H21N.C7H7Br/c1-4-7-10(8-5-2)9-6-3;8-6-7-4-2-1-3-5-7/h4-9H2,1-3H3;1-5H,6H2. The Morgan fingerprint density at radius 2 is 1.28 bits per heavy atom. The maximum atomic E-state index is 3.36. The predicted octanol–water partition coefficient (Wildman–Crippen LogP) is 5.10. The first kappa shape index (κ1) is 17.7. The van der Waals surface area contributed by atoms with E-state index < -0.39 is 0 Å². The summed E-state index contributed by atoms with van der Waals surface area (Å²) >= 11 is 3.36. The minimum Gasteiger partial charge on any atom is -0.303 e. The van der Waals surface area contributed by atoms with Crippen molar-refractivity contribution >= 4 is 15.9 Å². The van der Waals surface area contributed by atoms with E-state index in [4.69, 9.17) is 0 Å². The predicted molar refractivity (Wildman–Crippen MR) is 86.4 cm³/mol. The molecule has 18 heavy (non-hydrogen) atoms. The highest BCUT2D eigenvalue weighted by molar-refractivity contribution is 9.08. The second-order valence-electron chi connectivity index (χ2n) is 4.46. The third-order valence-electron chi connectivity index (χ3n) is 2.62. The van der Waals surface area contributed by atoms with Crippen molar-refractivity contribution < 1.29 is 0 Å². The molecule has 0 radical (unpaired) electrons. The van der Waals surface area contributed by atoms with Crippen molar-refractivity contribution in [1.29, 1.82) is 0 Å². The fourth-order valence-electron chi connectivity index (χ4n) is 1.85. The van der Waals surface area contributed by atoms with Crippen molar-refractivity contribution in [1.82, 2.24) is 4.90 Å². The topological polar surface area (TPSA) is 3.24 Å². The fourth-order valence-corrected chi connectivity index (χ4v) is 2.23. The van der Waals surface area contributed by atoms with Gasteiger partial charge in [-0.05, 0) is 44.5 Å². The van der Waals surface area contributed by atoms with Crippen LogP contribution < -0.4 is 0 Å². The zero-order valence-electron chi connectivity index (χ0n) is 12.2. The van der Waals surface area contributed by atoms with E-state index in [0.29, 0.717) is 0 Å². The van der Waals surface area contributed by atoms with E-state index in [1.807, 2.05) is 18.2 Å². The quantitative estimate of drug-likeness (QED) is 0.633. The highest BCUT2D eigenvalue weighted by Gasteiger charge is 1.98. The Balaban J connectivity index is 0.000000327. The summed E-state index contributed by atoms with van der Waals surface area (Å²) in [5, 5.41) is 0.952. The molecule has 0 atom stereocenters. The van der Waals surface area contributed by atoms with Gasteiger partial charge in [0.25, 0.3) is 0 Å². The van der Waals surface area contributed by atoms with E-state index in [2.05, 4.69) is 53.7 Å². The first-order chi connectivity index (χ1) is 8.78. The molecule has 0 bridgehead atoms. The summed E-state index contributed by atoms with van der Waals surface area (Å²) in [7, 11) is 0. The van der Waals surface area contributed by atoms with Crippen LogP contribution in [0.2, 0.25) is 0 Å². The molecule has 0 unspecified atom stereocenters. The molecule has 2 heteroatoms. The summed E-state index contributed by atoms with van der Waals surface area (Å²) in [6.07, 6.45) is 3.88. The van der Waals surface area contributed by atoms with Crippen LogP contribution in [0.1, 0.15) is 45.6 Å². The molecule has 0 heterocycles. The first-order valence-electron chi connectivity index (χ1n) is 7.10. The van der Waals surface area contributed by atoms with E-state index in [0.717, 1.165) is 5.33 Å². The van der Waals surface area contributed by atoms with Crippen LogP contribution in [0.3, 0.4) is 0 Å². The lowest BCUT2D eigenvalue weighted by Crippen LogP contribution is -2.25. The number of halogens is 1. The zero-order valence-corrected chi connectivity index (χ0v) is 13.7. The first-order valence-corrected chi connectivity index (χ1v) is 8.22. The second kappa shape index (κ2) is 13.1. The summed E-state index contributed by atoms with van der Waals surface area (Å²) in [6, 6.07) is 10.3. The van der Waals surface area contributed by atoms with Gasteiger partial charge in [0, 0.05) is 5.33 Å². The molecule has 0 amide bonds. The highest BCUT2D eigenvalue weighted by Crippen LogP contribution is 2.02. The van der Waals surface area contributed by atoms with Crippen molar-refractivity contribution in [2.75, 3.05) is 19.6 Å². The maximum Gasteiger partial charge on any atom is 0.0283 e. The molecule has 0 saturated carbocycles. The highest BCUT2D eigenvalue weighted by atomic mass is 79.9. The molecule has 1 aromatic rings. The monoisotopic (exact) mass is 313 g/mol. The van der Waals surface area contributed by atoms with Crippen molar-refractivity contribution in [3.8, 4) is 0 Å². The molecular weight excluding hydrogens is 286 g/mol. The Morgan fingerprint density at radius 1 is 0.833 bits per heavy atom. The normalized spacial score (nSPS) is 10.1. The maximum absolute atomic E-state index is 3.36. The largest absolute Gasteiger partial charge is 0.303 e. The summed E-state index contributed by atoms with van der Waals surface area (Å²) < 4.78 is 0. The molecule has 104 valence electrons. The smallest absolute Gasteiger partial charge is 0.0283 e. The SMILES string of the molecule is BrCc1ccccc1.CCCN(CCC)CCC. The molecule has 1 aromatic carbocycles. The Morgan fingerprint density at radius 3 is 1.56 bits per heavy atom. The molecule has 1 nitrogen and oxygen atoms in total. The summed E-state index contributed by atoms with van der Waals surface area (Å²) in [5.41, 5.74) is 1.33. The van der Waals surface area contributed by atoms with E-state index in [9.17, 15) is 0 Å². The Bertz CT molecular complexity index is 247. The molecule has 0 aromatic heterocycles.